The van der Waals surface area contributed by atoms with E-state index in [0.717, 1.165) is 0 Å². The van der Waals surface area contributed by atoms with E-state index in [2.05, 4.69) is 72.3 Å². The van der Waals surface area contributed by atoms with Crippen molar-refractivity contribution in [2.24, 2.45) is 0 Å². The Labute approximate surface area is 240 Å². The zero-order valence-electron chi connectivity index (χ0n) is 22.8. The van der Waals surface area contributed by atoms with Crippen LogP contribution < -0.4 is 0 Å². The topological polar surface area (TPSA) is 105 Å². The predicted octanol–water partition coefficient (Wildman–Crippen LogP) is 10.2. The monoisotopic (exact) mass is 708 g/mol. The number of hydrogen-bond acceptors (Lipinski definition) is 4. The summed E-state index contributed by atoms with van der Waals surface area (Å²) in [4.78, 5) is 22.8. The molecule has 0 aliphatic rings. The Morgan fingerprint density at radius 3 is 1.36 bits per heavy atom. The minimum Gasteiger partial charge on any atom is -0.577 e. The molecule has 0 aliphatic carbocycles. The number of rotatable bonds is 10. The van der Waals surface area contributed by atoms with Crippen LogP contribution in [0.15, 0.2) is 73.3 Å². The molecular formula is C30H38F2N4O2W-2. The van der Waals surface area contributed by atoms with Gasteiger partial charge < -0.3 is 21.0 Å². The fourth-order valence-electron chi connectivity index (χ4n) is 4.30. The number of fused-ring (bicyclic) bond motifs is 2. The summed E-state index contributed by atoms with van der Waals surface area (Å²) in [6.45, 7) is 4.51. The average Bonchev–Trinajstić information content (AvgIpc) is 3.00. The molecule has 0 unspecified atom stereocenters. The Morgan fingerprint density at radius 2 is 1.00 bits per heavy atom. The number of nitrogens with zero attached hydrogens (tertiary/aromatic N) is 4. The van der Waals surface area contributed by atoms with Gasteiger partial charge in [0.25, 0.3) is 0 Å². The Bertz CT molecular complexity index is 1050. The molecular weight excluding hydrogens is 670 g/mol. The first kappa shape index (κ1) is 36.0. The van der Waals surface area contributed by atoms with Gasteiger partial charge in [-0.05, 0) is 59.7 Å². The zero-order chi connectivity index (χ0) is 29.1. The summed E-state index contributed by atoms with van der Waals surface area (Å²) in [5, 5.41) is 5.26. The standard InChI is InChI=1S/2C15H19N.2FH.2NO.W/c2*1-2-3-4-5-7-13-8-6-9-14-12-16-11-10-15(13)14;;;2*1-2;/h2*6,8-12H,2-5,7H2,1H3;2*1H;;;/q;;;;2*-1;+2/p-2. The van der Waals surface area contributed by atoms with E-state index in [1.807, 2.05) is 24.8 Å². The second-order valence-electron chi connectivity index (χ2n) is 8.71. The molecule has 4 rings (SSSR count). The Hall–Kier alpha value is -2.99. The van der Waals surface area contributed by atoms with Gasteiger partial charge in [0.2, 0.25) is 0 Å². The molecule has 0 N–H and O–H groups in total. The van der Waals surface area contributed by atoms with E-state index in [-0.39, 0.29) is 0 Å². The third-order valence-electron chi connectivity index (χ3n) is 6.14. The van der Waals surface area contributed by atoms with E-state index in [0.29, 0.717) is 0 Å². The maximum absolute atomic E-state index is 9.79. The molecule has 39 heavy (non-hydrogen) atoms. The van der Waals surface area contributed by atoms with Crippen molar-refractivity contribution in [3.8, 4) is 0 Å². The Morgan fingerprint density at radius 1 is 0.615 bits per heavy atom. The quantitative estimate of drug-likeness (QED) is 0.153. The largest absolute Gasteiger partial charge is 0.577 e. The second-order valence-corrected chi connectivity index (χ2v) is 9.13. The van der Waals surface area contributed by atoms with Gasteiger partial charge in [-0.15, -0.1) is 0 Å². The number of benzene rings is 2. The van der Waals surface area contributed by atoms with Gasteiger partial charge in [-0.3, -0.25) is 9.97 Å². The van der Waals surface area contributed by atoms with Gasteiger partial charge in [0.1, 0.15) is 0 Å². The third kappa shape index (κ3) is 14.7. The summed E-state index contributed by atoms with van der Waals surface area (Å²) in [5.41, 5.74) is 14.4. The van der Waals surface area contributed by atoms with Gasteiger partial charge in [0.15, 0.2) is 0 Å². The first-order valence-corrected chi connectivity index (χ1v) is 15.4. The molecule has 0 fully saturated rings. The van der Waals surface area contributed by atoms with E-state index in [1.165, 1.54) is 96.9 Å². The number of unbranched alkanes of at least 4 members (excludes halogenated alkanes) is 6. The van der Waals surface area contributed by atoms with Crippen molar-refractivity contribution in [1.82, 2.24) is 9.97 Å². The summed E-state index contributed by atoms with van der Waals surface area (Å²) in [7, 11) is 0. The molecule has 4 aromatic rings. The van der Waals surface area contributed by atoms with Crippen molar-refractivity contribution < 1.29 is 25.9 Å². The van der Waals surface area contributed by atoms with Crippen molar-refractivity contribution in [2.45, 2.75) is 78.1 Å². The van der Waals surface area contributed by atoms with Crippen LogP contribution in [0.1, 0.15) is 76.3 Å². The normalized spacial score (nSPS) is 9.54. The van der Waals surface area contributed by atoms with E-state index in [4.69, 9.17) is 21.0 Å². The van der Waals surface area contributed by atoms with E-state index < -0.39 is 19.6 Å². The second kappa shape index (κ2) is 25.3. The van der Waals surface area contributed by atoms with Crippen LogP contribution in [-0.2, 0) is 32.5 Å². The number of nitroso groups, excluding NO2 is 2. The molecule has 2 aromatic carbocycles. The molecule has 0 spiro atoms. The van der Waals surface area contributed by atoms with Crippen molar-refractivity contribution in [3.63, 3.8) is 0 Å². The summed E-state index contributed by atoms with van der Waals surface area (Å²) in [6.07, 6.45) is 20.7. The first-order chi connectivity index (χ1) is 19.2. The molecule has 9 heteroatoms. The number of aryl methyl sites for hydroxylation is 2. The minimum atomic E-state index is -2.75. The average molecular weight is 708 g/mol. The van der Waals surface area contributed by atoms with Gasteiger partial charge >= 0.3 is 25.9 Å². The number of hydrogen-bond donors (Lipinski definition) is 0. The van der Waals surface area contributed by atoms with Gasteiger partial charge in [0.05, 0.1) is 0 Å². The van der Waals surface area contributed by atoms with Crippen LogP contribution in [0, 0.1) is 9.81 Å². The Balaban J connectivity index is 0.000000603. The number of aromatic nitrogens is 2. The van der Waals surface area contributed by atoms with Gasteiger partial charge in [-0.1, -0.05) is 88.8 Å². The first-order valence-electron chi connectivity index (χ1n) is 13.1. The van der Waals surface area contributed by atoms with E-state index >= 15 is 0 Å². The molecule has 2 aromatic heterocycles. The van der Waals surface area contributed by atoms with Crippen LogP contribution in [0.2, 0.25) is 0 Å². The van der Waals surface area contributed by atoms with Crippen LogP contribution in [0.3, 0.4) is 0 Å². The molecule has 0 atom stereocenters. The van der Waals surface area contributed by atoms with Crippen molar-refractivity contribution >= 4 is 21.5 Å². The fraction of sp³-hybridized carbons (Fsp3) is 0.400. The van der Waals surface area contributed by atoms with Crippen LogP contribution in [0.5, 0.6) is 0 Å². The van der Waals surface area contributed by atoms with Gasteiger partial charge in [0, 0.05) is 35.6 Å². The van der Waals surface area contributed by atoms with Crippen molar-refractivity contribution in [1.29, 1.82) is 0 Å². The van der Waals surface area contributed by atoms with Crippen molar-refractivity contribution in [2.75, 3.05) is 0 Å². The molecule has 212 valence electrons. The maximum atomic E-state index is 9.79. The molecule has 0 saturated carbocycles. The summed E-state index contributed by atoms with van der Waals surface area (Å²) < 4.78 is 19.6. The van der Waals surface area contributed by atoms with E-state index in [1.54, 1.807) is 0 Å². The third-order valence-corrected chi connectivity index (χ3v) is 6.14. The molecule has 0 bridgehead atoms. The van der Waals surface area contributed by atoms with Crippen molar-refractivity contribution in [3.05, 3.63) is 105 Å². The van der Waals surface area contributed by atoms with Crippen LogP contribution in [0.25, 0.3) is 32.7 Å². The molecule has 6 nitrogen and oxygen atoms in total. The molecule has 0 saturated heterocycles. The molecule has 0 aliphatic heterocycles. The number of pyridine rings is 2. The van der Waals surface area contributed by atoms with Crippen LogP contribution in [-0.4, -0.2) is 9.97 Å². The van der Waals surface area contributed by atoms with Crippen LogP contribution >= 0.6 is 0 Å². The molecule has 2 heterocycles. The van der Waals surface area contributed by atoms with Crippen LogP contribution in [0.4, 0.5) is 6.32 Å². The van der Waals surface area contributed by atoms with E-state index in [9.17, 15) is 6.32 Å². The smallest absolute Gasteiger partial charge is 0.423 e. The molecule has 0 amide bonds. The molecule has 0 radical (unpaired) electrons. The Kier molecular flexibility index (Phi) is 23.4. The summed E-state index contributed by atoms with van der Waals surface area (Å²) in [6, 6.07) is 17.3. The van der Waals surface area contributed by atoms with Gasteiger partial charge in [-0.2, -0.15) is 0 Å². The minimum absolute atomic E-state index is 1.20. The fourth-order valence-corrected chi connectivity index (χ4v) is 4.30. The number of halogens is 2. The van der Waals surface area contributed by atoms with Gasteiger partial charge in [-0.25, -0.2) is 0 Å². The summed E-state index contributed by atoms with van der Waals surface area (Å²) in [5.74, 6) is 0. The zero-order valence-corrected chi connectivity index (χ0v) is 25.7. The SMILES string of the molecule is CCCCCCc1cccc2cnccc12.CCCCCCc1cccc2cnccc12.[F][W][F].[N-]=O.[N-]=O. The summed E-state index contributed by atoms with van der Waals surface area (Å²) >= 11 is -2.75. The predicted molar refractivity (Wildman–Crippen MR) is 155 cm³/mol. The maximum Gasteiger partial charge on any atom is -0.423 e.